The Morgan fingerprint density at radius 3 is 2.37 bits per heavy atom. The van der Waals surface area contributed by atoms with Crippen molar-refractivity contribution in [3.05, 3.63) is 18.1 Å². The first kappa shape index (κ1) is 12.7. The van der Waals surface area contributed by atoms with Crippen molar-refractivity contribution in [1.82, 2.24) is 9.97 Å². The van der Waals surface area contributed by atoms with Gasteiger partial charge in [0.05, 0.1) is 5.92 Å². The third kappa shape index (κ3) is 2.82. The van der Waals surface area contributed by atoms with Crippen LogP contribution in [0, 0.1) is 5.92 Å². The van der Waals surface area contributed by atoms with Gasteiger partial charge in [-0.3, -0.25) is 0 Å². The Labute approximate surface area is 109 Å². The molecule has 1 aromatic rings. The van der Waals surface area contributed by atoms with Gasteiger partial charge in [-0.1, -0.05) is 0 Å². The largest absolute Gasteiger partial charge is 0.391 e. The van der Waals surface area contributed by atoms with E-state index in [1.807, 2.05) is 4.90 Å². The minimum Gasteiger partial charge on any atom is -0.356 e. The lowest BCUT2D eigenvalue weighted by molar-refractivity contribution is -0.179. The Balaban J connectivity index is 1.66. The van der Waals surface area contributed by atoms with Crippen LogP contribution in [0.2, 0.25) is 0 Å². The van der Waals surface area contributed by atoms with Crippen LogP contribution in [0.25, 0.3) is 0 Å². The van der Waals surface area contributed by atoms with Crippen LogP contribution in [-0.2, 0) is 0 Å². The van der Waals surface area contributed by atoms with Gasteiger partial charge < -0.3 is 4.90 Å². The molecule has 6 heteroatoms. The van der Waals surface area contributed by atoms with E-state index in [1.165, 1.54) is 0 Å². The van der Waals surface area contributed by atoms with Crippen molar-refractivity contribution in [3.8, 4) is 0 Å². The van der Waals surface area contributed by atoms with E-state index >= 15 is 0 Å². The van der Waals surface area contributed by atoms with E-state index < -0.39 is 12.1 Å². The van der Waals surface area contributed by atoms with E-state index in [0.717, 1.165) is 24.5 Å². The number of anilines is 1. The molecule has 3 rings (SSSR count). The maximum Gasteiger partial charge on any atom is 0.391 e. The maximum atomic E-state index is 12.6. The number of halogens is 3. The lowest BCUT2D eigenvalue weighted by Crippen LogP contribution is -2.39. The molecular formula is C13H16F3N3. The average Bonchev–Trinajstić information content (AvgIpc) is 3.22. The minimum atomic E-state index is -4.06. The van der Waals surface area contributed by atoms with Crippen LogP contribution in [0.4, 0.5) is 19.0 Å². The van der Waals surface area contributed by atoms with E-state index in [0.29, 0.717) is 19.0 Å². The van der Waals surface area contributed by atoms with Gasteiger partial charge in [-0.2, -0.15) is 13.2 Å². The summed E-state index contributed by atoms with van der Waals surface area (Å²) < 4.78 is 37.8. The summed E-state index contributed by atoms with van der Waals surface area (Å²) in [6, 6.07) is 1.79. The summed E-state index contributed by atoms with van der Waals surface area (Å²) in [5.41, 5.74) is 0. The zero-order valence-corrected chi connectivity index (χ0v) is 10.5. The summed E-state index contributed by atoms with van der Waals surface area (Å²) in [7, 11) is 0. The molecule has 0 atom stereocenters. The fourth-order valence-electron chi connectivity index (χ4n) is 2.51. The quantitative estimate of drug-likeness (QED) is 0.827. The second-order valence-corrected chi connectivity index (χ2v) is 5.35. The highest BCUT2D eigenvalue weighted by molar-refractivity contribution is 5.38. The molecule has 0 unspecified atom stereocenters. The van der Waals surface area contributed by atoms with Crippen molar-refractivity contribution < 1.29 is 13.2 Å². The first-order valence-electron chi connectivity index (χ1n) is 6.68. The van der Waals surface area contributed by atoms with Crippen molar-refractivity contribution >= 4 is 5.82 Å². The number of rotatable bonds is 2. The van der Waals surface area contributed by atoms with Gasteiger partial charge in [0.1, 0.15) is 11.6 Å². The molecule has 1 aromatic heterocycles. The van der Waals surface area contributed by atoms with Crippen molar-refractivity contribution in [2.75, 3.05) is 18.0 Å². The minimum absolute atomic E-state index is 0.159. The normalized spacial score (nSPS) is 21.7. The second kappa shape index (κ2) is 4.65. The lowest BCUT2D eigenvalue weighted by atomic mass is 9.96. The summed E-state index contributed by atoms with van der Waals surface area (Å²) in [6.45, 7) is 0.844. The van der Waals surface area contributed by atoms with Crippen LogP contribution in [0.1, 0.15) is 37.4 Å². The zero-order chi connectivity index (χ0) is 13.5. The second-order valence-electron chi connectivity index (χ2n) is 5.35. The van der Waals surface area contributed by atoms with Gasteiger partial charge in [0.15, 0.2) is 0 Å². The van der Waals surface area contributed by atoms with Crippen LogP contribution < -0.4 is 4.90 Å². The van der Waals surface area contributed by atoms with Crippen LogP contribution >= 0.6 is 0 Å². The zero-order valence-electron chi connectivity index (χ0n) is 10.5. The standard InChI is InChI=1S/C13H16F3N3/c14-13(15,16)10-4-7-19(8-5-10)11-3-6-17-12(18-11)9-1-2-9/h3,6,9-10H,1-2,4-5,7-8H2. The van der Waals surface area contributed by atoms with Gasteiger partial charge in [0, 0.05) is 25.2 Å². The molecule has 1 saturated heterocycles. The number of hydrogen-bond donors (Lipinski definition) is 0. The molecule has 3 nitrogen and oxygen atoms in total. The molecule has 0 radical (unpaired) electrons. The predicted octanol–water partition coefficient (Wildman–Crippen LogP) is 3.13. The fourth-order valence-corrected chi connectivity index (χ4v) is 2.51. The molecule has 1 aliphatic heterocycles. The van der Waals surface area contributed by atoms with Crippen LogP contribution in [-0.4, -0.2) is 29.2 Å². The summed E-state index contributed by atoms with van der Waals surface area (Å²) in [5, 5.41) is 0. The molecular weight excluding hydrogens is 255 g/mol. The topological polar surface area (TPSA) is 29.0 Å². The molecule has 104 valence electrons. The third-order valence-electron chi connectivity index (χ3n) is 3.88. The molecule has 2 aliphatic rings. The van der Waals surface area contributed by atoms with Crippen LogP contribution in [0.15, 0.2) is 12.3 Å². The van der Waals surface area contributed by atoms with E-state index in [9.17, 15) is 13.2 Å². The molecule has 0 spiro atoms. The van der Waals surface area contributed by atoms with Gasteiger partial charge in [-0.05, 0) is 31.7 Å². The van der Waals surface area contributed by atoms with Gasteiger partial charge in [-0.15, -0.1) is 0 Å². The van der Waals surface area contributed by atoms with E-state index in [4.69, 9.17) is 0 Å². The molecule has 1 aliphatic carbocycles. The Morgan fingerprint density at radius 2 is 1.79 bits per heavy atom. The van der Waals surface area contributed by atoms with Crippen molar-refractivity contribution in [2.24, 2.45) is 5.92 Å². The molecule has 0 N–H and O–H groups in total. The Morgan fingerprint density at radius 1 is 1.11 bits per heavy atom. The third-order valence-corrected chi connectivity index (χ3v) is 3.88. The molecule has 0 aromatic carbocycles. The summed E-state index contributed by atoms with van der Waals surface area (Å²) in [6.07, 6.45) is 0.223. The lowest BCUT2D eigenvalue weighted by Gasteiger charge is -2.33. The summed E-state index contributed by atoms with van der Waals surface area (Å²) >= 11 is 0. The molecule has 0 amide bonds. The monoisotopic (exact) mass is 271 g/mol. The van der Waals surface area contributed by atoms with E-state index in [2.05, 4.69) is 9.97 Å². The number of piperidine rings is 1. The highest BCUT2D eigenvalue weighted by atomic mass is 19.4. The first-order valence-corrected chi connectivity index (χ1v) is 6.68. The Kier molecular flexibility index (Phi) is 3.11. The van der Waals surface area contributed by atoms with Gasteiger partial charge in [-0.25, -0.2) is 9.97 Å². The van der Waals surface area contributed by atoms with Crippen LogP contribution in [0.3, 0.4) is 0 Å². The van der Waals surface area contributed by atoms with Gasteiger partial charge >= 0.3 is 6.18 Å². The molecule has 2 fully saturated rings. The smallest absolute Gasteiger partial charge is 0.356 e. The van der Waals surface area contributed by atoms with Crippen LogP contribution in [0.5, 0.6) is 0 Å². The highest BCUT2D eigenvalue weighted by Crippen LogP contribution is 2.39. The number of nitrogens with zero attached hydrogens (tertiary/aromatic N) is 3. The Bertz CT molecular complexity index is 449. The van der Waals surface area contributed by atoms with E-state index in [1.54, 1.807) is 12.3 Å². The van der Waals surface area contributed by atoms with Crippen molar-refractivity contribution in [1.29, 1.82) is 0 Å². The summed E-state index contributed by atoms with van der Waals surface area (Å²) in [5.74, 6) is 0.925. The van der Waals surface area contributed by atoms with E-state index in [-0.39, 0.29) is 12.8 Å². The Hall–Kier alpha value is -1.33. The number of aromatic nitrogens is 2. The first-order chi connectivity index (χ1) is 9.04. The van der Waals surface area contributed by atoms with Crippen molar-refractivity contribution in [3.63, 3.8) is 0 Å². The fraction of sp³-hybridized carbons (Fsp3) is 0.692. The van der Waals surface area contributed by atoms with Gasteiger partial charge in [0.25, 0.3) is 0 Å². The summed E-state index contributed by atoms with van der Waals surface area (Å²) in [4.78, 5) is 10.7. The highest BCUT2D eigenvalue weighted by Gasteiger charge is 2.41. The SMILES string of the molecule is FC(F)(F)C1CCN(c2ccnc(C3CC3)n2)CC1. The molecule has 19 heavy (non-hydrogen) atoms. The number of hydrogen-bond acceptors (Lipinski definition) is 3. The molecule has 2 heterocycles. The average molecular weight is 271 g/mol. The van der Waals surface area contributed by atoms with Crippen molar-refractivity contribution in [2.45, 2.75) is 37.8 Å². The number of alkyl halides is 3. The van der Waals surface area contributed by atoms with Gasteiger partial charge in [0.2, 0.25) is 0 Å². The maximum absolute atomic E-state index is 12.6. The molecule has 1 saturated carbocycles. The molecule has 0 bridgehead atoms. The predicted molar refractivity (Wildman–Crippen MR) is 65.0 cm³/mol.